The van der Waals surface area contributed by atoms with Crippen LogP contribution in [0.25, 0.3) is 0 Å². The van der Waals surface area contributed by atoms with Crippen LogP contribution in [0.3, 0.4) is 0 Å². The number of halogens is 3. The third kappa shape index (κ3) is 1.84. The standard InChI is InChI=1S/C10H7F3N4OS/c1-5-6(4-14)9(7(18)16-5,10(11,12)13)17-8-15-2-3-19-8/h2-3,6H,1H2,(H,15,17)(H,16,18)/t6-,9+/m0/s1. The third-order valence-electron chi connectivity index (χ3n) is 2.73. The summed E-state index contributed by atoms with van der Waals surface area (Å²) in [5.74, 6) is -3.12. The summed E-state index contributed by atoms with van der Waals surface area (Å²) in [4.78, 5) is 15.4. The molecule has 2 heterocycles. The van der Waals surface area contributed by atoms with Gasteiger partial charge in [-0.15, -0.1) is 11.3 Å². The van der Waals surface area contributed by atoms with Crippen LogP contribution in [0.5, 0.6) is 0 Å². The molecule has 5 nitrogen and oxygen atoms in total. The minimum atomic E-state index is -4.97. The lowest BCUT2D eigenvalue weighted by atomic mass is 9.85. The number of carbonyl (C=O) groups excluding carboxylic acids is 1. The van der Waals surface area contributed by atoms with E-state index in [2.05, 4.69) is 11.6 Å². The molecule has 2 atom stereocenters. The molecule has 0 unspecified atom stereocenters. The van der Waals surface area contributed by atoms with Gasteiger partial charge in [0, 0.05) is 17.3 Å². The van der Waals surface area contributed by atoms with Crippen molar-refractivity contribution in [1.82, 2.24) is 10.3 Å². The van der Waals surface area contributed by atoms with E-state index in [0.717, 1.165) is 11.3 Å². The summed E-state index contributed by atoms with van der Waals surface area (Å²) in [5.41, 5.74) is -3.34. The SMILES string of the molecule is C=C1NC(=O)[C@@](Nc2nccs2)(C(F)(F)F)[C@H]1C#N. The van der Waals surface area contributed by atoms with Crippen molar-refractivity contribution in [3.05, 3.63) is 23.9 Å². The summed E-state index contributed by atoms with van der Waals surface area (Å²) in [6.45, 7) is 3.28. The van der Waals surface area contributed by atoms with E-state index in [4.69, 9.17) is 5.26 Å². The molecular weight excluding hydrogens is 281 g/mol. The van der Waals surface area contributed by atoms with Gasteiger partial charge in [-0.2, -0.15) is 18.4 Å². The van der Waals surface area contributed by atoms with Crippen molar-refractivity contribution >= 4 is 22.4 Å². The maximum atomic E-state index is 13.3. The number of nitrogens with one attached hydrogen (secondary N) is 2. The molecule has 19 heavy (non-hydrogen) atoms. The highest BCUT2D eigenvalue weighted by Crippen LogP contribution is 2.45. The van der Waals surface area contributed by atoms with Crippen molar-refractivity contribution in [3.8, 4) is 6.07 Å². The van der Waals surface area contributed by atoms with Crippen LogP contribution < -0.4 is 10.6 Å². The van der Waals surface area contributed by atoms with Gasteiger partial charge in [0.1, 0.15) is 5.92 Å². The first-order valence-corrected chi connectivity index (χ1v) is 5.85. The molecule has 9 heteroatoms. The second-order valence-electron chi connectivity index (χ2n) is 3.81. The number of nitrogens with zero attached hydrogens (tertiary/aromatic N) is 2. The van der Waals surface area contributed by atoms with Gasteiger partial charge in [0.15, 0.2) is 5.13 Å². The lowest BCUT2D eigenvalue weighted by Gasteiger charge is -2.31. The first-order chi connectivity index (χ1) is 8.83. The Labute approximate surface area is 109 Å². The van der Waals surface area contributed by atoms with Crippen LogP contribution in [0.2, 0.25) is 0 Å². The fourth-order valence-electron chi connectivity index (χ4n) is 1.83. The second kappa shape index (κ2) is 4.24. The van der Waals surface area contributed by atoms with Gasteiger partial charge in [0.05, 0.1) is 6.07 Å². The van der Waals surface area contributed by atoms with Gasteiger partial charge in [-0.05, 0) is 0 Å². The lowest BCUT2D eigenvalue weighted by molar-refractivity contribution is -0.185. The molecule has 1 saturated heterocycles. The predicted octanol–water partition coefficient (Wildman–Crippen LogP) is 1.64. The number of hydrogen-bond donors (Lipinski definition) is 2. The molecule has 0 aromatic carbocycles. The van der Waals surface area contributed by atoms with E-state index >= 15 is 0 Å². The van der Waals surface area contributed by atoms with Crippen LogP contribution >= 0.6 is 11.3 Å². The lowest BCUT2D eigenvalue weighted by Crippen LogP contribution is -2.60. The van der Waals surface area contributed by atoms with Gasteiger partial charge in [0.2, 0.25) is 5.54 Å². The number of thiazole rings is 1. The van der Waals surface area contributed by atoms with Gasteiger partial charge < -0.3 is 10.6 Å². The number of amides is 1. The van der Waals surface area contributed by atoms with Crippen molar-refractivity contribution in [3.63, 3.8) is 0 Å². The fourth-order valence-corrected chi connectivity index (χ4v) is 2.42. The van der Waals surface area contributed by atoms with E-state index in [9.17, 15) is 18.0 Å². The summed E-state index contributed by atoms with van der Waals surface area (Å²) in [6.07, 6.45) is -3.68. The van der Waals surface area contributed by atoms with Crippen LogP contribution in [-0.4, -0.2) is 22.6 Å². The van der Waals surface area contributed by atoms with Crippen molar-refractivity contribution in [2.45, 2.75) is 11.7 Å². The zero-order chi connectivity index (χ0) is 14.3. The molecule has 1 aliphatic rings. The minimum absolute atomic E-state index is 0.0950. The quantitative estimate of drug-likeness (QED) is 0.867. The van der Waals surface area contributed by atoms with Gasteiger partial charge in [-0.3, -0.25) is 4.79 Å². The maximum absolute atomic E-state index is 13.3. The summed E-state index contributed by atoms with van der Waals surface area (Å²) in [6, 6.07) is 1.47. The Bertz CT molecular complexity index is 562. The Kier molecular flexibility index (Phi) is 2.98. The Morgan fingerprint density at radius 2 is 2.32 bits per heavy atom. The van der Waals surface area contributed by atoms with Crippen LogP contribution in [0.4, 0.5) is 18.3 Å². The second-order valence-corrected chi connectivity index (χ2v) is 4.70. The van der Waals surface area contributed by atoms with Crippen molar-refractivity contribution < 1.29 is 18.0 Å². The van der Waals surface area contributed by atoms with E-state index in [1.165, 1.54) is 17.6 Å². The summed E-state index contributed by atoms with van der Waals surface area (Å²) in [5, 5.41) is 14.3. The first kappa shape index (κ1) is 13.4. The summed E-state index contributed by atoms with van der Waals surface area (Å²) < 4.78 is 40.0. The summed E-state index contributed by atoms with van der Waals surface area (Å²) in [7, 11) is 0. The number of hydrogen-bond acceptors (Lipinski definition) is 5. The molecule has 1 aromatic rings. The highest BCUT2D eigenvalue weighted by Gasteiger charge is 2.69. The molecule has 1 aliphatic heterocycles. The smallest absolute Gasteiger partial charge is 0.338 e. The molecule has 2 rings (SSSR count). The van der Waals surface area contributed by atoms with Gasteiger partial charge in [0.25, 0.3) is 5.91 Å². The van der Waals surface area contributed by atoms with Crippen molar-refractivity contribution in [2.75, 3.05) is 5.32 Å². The Morgan fingerprint density at radius 3 is 2.79 bits per heavy atom. The van der Waals surface area contributed by atoms with E-state index in [1.54, 1.807) is 0 Å². The Morgan fingerprint density at radius 1 is 1.63 bits per heavy atom. The maximum Gasteiger partial charge on any atom is 0.422 e. The van der Waals surface area contributed by atoms with Gasteiger partial charge >= 0.3 is 6.18 Å². The van der Waals surface area contributed by atoms with E-state index in [-0.39, 0.29) is 10.8 Å². The largest absolute Gasteiger partial charge is 0.422 e. The van der Waals surface area contributed by atoms with Gasteiger partial charge in [-0.1, -0.05) is 6.58 Å². The molecule has 0 aliphatic carbocycles. The Hall–Kier alpha value is -2.08. The predicted molar refractivity (Wildman–Crippen MR) is 60.9 cm³/mol. The number of aromatic nitrogens is 1. The molecule has 2 N–H and O–H groups in total. The van der Waals surface area contributed by atoms with Crippen LogP contribution in [0.1, 0.15) is 0 Å². The average molecular weight is 288 g/mol. The molecule has 0 saturated carbocycles. The molecule has 0 bridgehead atoms. The molecule has 100 valence electrons. The normalized spacial score (nSPS) is 26.9. The van der Waals surface area contributed by atoms with E-state index < -0.39 is 23.5 Å². The van der Waals surface area contributed by atoms with Crippen molar-refractivity contribution in [1.29, 1.82) is 5.26 Å². The number of alkyl halides is 3. The van der Waals surface area contributed by atoms with Crippen LogP contribution in [0.15, 0.2) is 23.9 Å². The highest BCUT2D eigenvalue weighted by atomic mass is 32.1. The zero-order valence-electron chi connectivity index (χ0n) is 9.28. The van der Waals surface area contributed by atoms with Crippen LogP contribution in [0, 0.1) is 17.2 Å². The molecule has 0 spiro atoms. The monoisotopic (exact) mass is 288 g/mol. The molecular formula is C10H7F3N4OS. The fraction of sp³-hybridized carbons (Fsp3) is 0.300. The number of carbonyl (C=O) groups is 1. The van der Waals surface area contributed by atoms with Gasteiger partial charge in [-0.25, -0.2) is 4.98 Å². The molecule has 1 amide bonds. The molecule has 0 radical (unpaired) electrons. The zero-order valence-corrected chi connectivity index (χ0v) is 10.1. The topological polar surface area (TPSA) is 77.8 Å². The van der Waals surface area contributed by atoms with E-state index in [0.29, 0.717) is 0 Å². The van der Waals surface area contributed by atoms with E-state index in [1.807, 2.05) is 10.6 Å². The number of nitriles is 1. The third-order valence-corrected chi connectivity index (χ3v) is 3.41. The average Bonchev–Trinajstić information content (AvgIpc) is 2.86. The molecule has 1 aromatic heterocycles. The number of anilines is 1. The Balaban J connectivity index is 2.55. The molecule has 1 fully saturated rings. The summed E-state index contributed by atoms with van der Waals surface area (Å²) >= 11 is 0.899. The van der Waals surface area contributed by atoms with Crippen LogP contribution in [-0.2, 0) is 4.79 Å². The number of rotatable bonds is 2. The van der Waals surface area contributed by atoms with Crippen molar-refractivity contribution in [2.24, 2.45) is 5.92 Å². The first-order valence-electron chi connectivity index (χ1n) is 4.97. The minimum Gasteiger partial charge on any atom is -0.338 e. The highest BCUT2D eigenvalue weighted by molar-refractivity contribution is 7.13.